The van der Waals surface area contributed by atoms with Crippen LogP contribution in [0, 0.1) is 11.8 Å². The van der Waals surface area contributed by atoms with E-state index in [0.29, 0.717) is 0 Å². The Morgan fingerprint density at radius 2 is 1.56 bits per heavy atom. The Morgan fingerprint density at radius 3 is 2.06 bits per heavy atom. The Labute approximate surface area is 115 Å². The van der Waals surface area contributed by atoms with Gasteiger partial charge in [-0.25, -0.2) is 0 Å². The molecule has 1 atom stereocenters. The highest BCUT2D eigenvalue weighted by Gasteiger charge is 2.22. The molecule has 0 aromatic rings. The highest BCUT2D eigenvalue weighted by atomic mass is 14.9. The minimum absolute atomic E-state index is 0.781. The van der Waals surface area contributed by atoms with Crippen molar-refractivity contribution >= 4 is 0 Å². The summed E-state index contributed by atoms with van der Waals surface area (Å²) in [5.74, 6) is 1.89. The van der Waals surface area contributed by atoms with Crippen molar-refractivity contribution in [1.29, 1.82) is 0 Å². The molecule has 1 saturated carbocycles. The number of rotatable bonds is 8. The fourth-order valence-corrected chi connectivity index (χ4v) is 3.59. The molecule has 1 unspecified atom stereocenters. The molecule has 0 radical (unpaired) electrons. The van der Waals surface area contributed by atoms with Gasteiger partial charge in [-0.1, -0.05) is 72.1 Å². The zero-order valence-electron chi connectivity index (χ0n) is 13.0. The summed E-state index contributed by atoms with van der Waals surface area (Å²) in [6.07, 6.45) is 14.3. The summed E-state index contributed by atoms with van der Waals surface area (Å²) in [6, 6.07) is 0.781. The summed E-state index contributed by atoms with van der Waals surface area (Å²) >= 11 is 0. The largest absolute Gasteiger partial charge is 0.314 e. The molecule has 1 rings (SSSR count). The number of nitrogens with one attached hydrogen (secondary N) is 1. The zero-order valence-corrected chi connectivity index (χ0v) is 13.0. The van der Waals surface area contributed by atoms with E-state index in [1.807, 2.05) is 0 Å². The number of hydrogen-bond acceptors (Lipinski definition) is 1. The molecule has 1 aliphatic rings. The van der Waals surface area contributed by atoms with Crippen molar-refractivity contribution in [2.24, 2.45) is 11.8 Å². The van der Waals surface area contributed by atoms with Crippen LogP contribution in [0.5, 0.6) is 0 Å². The molecule has 1 aliphatic carbocycles. The van der Waals surface area contributed by atoms with Crippen molar-refractivity contribution < 1.29 is 0 Å². The molecule has 1 fully saturated rings. The van der Waals surface area contributed by atoms with Gasteiger partial charge < -0.3 is 5.32 Å². The van der Waals surface area contributed by atoms with Gasteiger partial charge in [0.25, 0.3) is 0 Å². The average molecular weight is 253 g/mol. The molecule has 18 heavy (non-hydrogen) atoms. The van der Waals surface area contributed by atoms with E-state index >= 15 is 0 Å². The van der Waals surface area contributed by atoms with Gasteiger partial charge in [-0.15, -0.1) is 0 Å². The summed E-state index contributed by atoms with van der Waals surface area (Å²) in [6.45, 7) is 8.21. The molecular weight excluding hydrogens is 218 g/mol. The lowest BCUT2D eigenvalue weighted by Gasteiger charge is -2.30. The number of hydrogen-bond donors (Lipinski definition) is 1. The maximum Gasteiger partial charge on any atom is 0.00977 e. The smallest absolute Gasteiger partial charge is 0.00977 e. The van der Waals surface area contributed by atoms with E-state index in [0.717, 1.165) is 17.9 Å². The highest BCUT2D eigenvalue weighted by molar-refractivity contribution is 4.79. The molecule has 0 saturated heterocycles. The average Bonchev–Trinajstić information content (AvgIpc) is 2.65. The fourth-order valence-electron chi connectivity index (χ4n) is 3.59. The third-order valence-electron chi connectivity index (χ3n) is 4.84. The van der Waals surface area contributed by atoms with Crippen LogP contribution in [0.15, 0.2) is 0 Å². The minimum atomic E-state index is 0.781. The summed E-state index contributed by atoms with van der Waals surface area (Å²) in [5, 5.41) is 3.84. The van der Waals surface area contributed by atoms with Crippen LogP contribution in [0.3, 0.4) is 0 Å². The Kier molecular flexibility index (Phi) is 8.75. The first-order valence-electron chi connectivity index (χ1n) is 8.55. The van der Waals surface area contributed by atoms with Gasteiger partial charge in [0.15, 0.2) is 0 Å². The van der Waals surface area contributed by atoms with Crippen LogP contribution in [0.25, 0.3) is 0 Å². The first-order valence-corrected chi connectivity index (χ1v) is 8.55. The Hall–Kier alpha value is -0.0400. The van der Waals surface area contributed by atoms with E-state index in [9.17, 15) is 0 Å². The van der Waals surface area contributed by atoms with Crippen LogP contribution >= 0.6 is 0 Å². The second-order valence-corrected chi connectivity index (χ2v) is 6.23. The first-order chi connectivity index (χ1) is 8.81. The Morgan fingerprint density at radius 1 is 0.944 bits per heavy atom. The maximum atomic E-state index is 3.84. The van der Waals surface area contributed by atoms with Crippen molar-refractivity contribution in [2.75, 3.05) is 6.54 Å². The Bertz CT molecular complexity index is 178. The van der Waals surface area contributed by atoms with E-state index in [4.69, 9.17) is 0 Å². The molecule has 0 aromatic heterocycles. The van der Waals surface area contributed by atoms with Crippen molar-refractivity contribution in [1.82, 2.24) is 5.32 Å². The van der Waals surface area contributed by atoms with Gasteiger partial charge >= 0.3 is 0 Å². The molecule has 108 valence electrons. The molecule has 0 aliphatic heterocycles. The van der Waals surface area contributed by atoms with E-state index in [2.05, 4.69) is 26.1 Å². The SMILES string of the molecule is CCCNC(CC1CCCCCC1)C(CC)CC. The van der Waals surface area contributed by atoms with Gasteiger partial charge in [-0.05, 0) is 31.2 Å². The molecule has 0 heterocycles. The summed E-state index contributed by atoms with van der Waals surface area (Å²) in [7, 11) is 0. The maximum absolute atomic E-state index is 3.84. The van der Waals surface area contributed by atoms with Crippen LogP contribution in [-0.2, 0) is 0 Å². The lowest BCUT2D eigenvalue weighted by atomic mass is 9.84. The predicted molar refractivity (Wildman–Crippen MR) is 82.0 cm³/mol. The van der Waals surface area contributed by atoms with E-state index in [1.54, 1.807) is 0 Å². The third-order valence-corrected chi connectivity index (χ3v) is 4.84. The van der Waals surface area contributed by atoms with Crippen LogP contribution in [-0.4, -0.2) is 12.6 Å². The second-order valence-electron chi connectivity index (χ2n) is 6.23. The van der Waals surface area contributed by atoms with E-state index < -0.39 is 0 Å². The van der Waals surface area contributed by atoms with Crippen molar-refractivity contribution in [2.45, 2.75) is 91.0 Å². The quantitative estimate of drug-likeness (QED) is 0.590. The molecule has 1 N–H and O–H groups in total. The van der Waals surface area contributed by atoms with Gasteiger partial charge in [0.05, 0.1) is 0 Å². The summed E-state index contributed by atoms with van der Waals surface area (Å²) in [4.78, 5) is 0. The zero-order chi connectivity index (χ0) is 13.2. The molecule has 0 amide bonds. The van der Waals surface area contributed by atoms with Crippen LogP contribution in [0.2, 0.25) is 0 Å². The summed E-state index contributed by atoms with van der Waals surface area (Å²) < 4.78 is 0. The molecule has 1 heteroatoms. The van der Waals surface area contributed by atoms with Crippen molar-refractivity contribution in [3.63, 3.8) is 0 Å². The summed E-state index contributed by atoms with van der Waals surface area (Å²) in [5.41, 5.74) is 0. The van der Waals surface area contributed by atoms with Gasteiger partial charge in [0, 0.05) is 6.04 Å². The van der Waals surface area contributed by atoms with Crippen molar-refractivity contribution in [3.8, 4) is 0 Å². The van der Waals surface area contributed by atoms with Crippen LogP contribution < -0.4 is 5.32 Å². The van der Waals surface area contributed by atoms with E-state index in [-0.39, 0.29) is 0 Å². The Balaban J connectivity index is 2.46. The molecule has 0 aromatic carbocycles. The normalized spacial score (nSPS) is 20.0. The lowest BCUT2D eigenvalue weighted by molar-refractivity contribution is 0.264. The fraction of sp³-hybridized carbons (Fsp3) is 1.00. The minimum Gasteiger partial charge on any atom is -0.314 e. The lowest BCUT2D eigenvalue weighted by Crippen LogP contribution is -2.38. The van der Waals surface area contributed by atoms with Gasteiger partial charge in [-0.3, -0.25) is 0 Å². The monoisotopic (exact) mass is 253 g/mol. The molecule has 1 nitrogen and oxygen atoms in total. The van der Waals surface area contributed by atoms with Crippen LogP contribution in [0.1, 0.15) is 85.0 Å². The van der Waals surface area contributed by atoms with Crippen molar-refractivity contribution in [3.05, 3.63) is 0 Å². The van der Waals surface area contributed by atoms with E-state index in [1.165, 1.54) is 70.8 Å². The predicted octanol–water partition coefficient (Wildman–Crippen LogP) is 5.15. The highest BCUT2D eigenvalue weighted by Crippen LogP contribution is 2.29. The molecular formula is C17H35N. The first kappa shape index (κ1) is 16.0. The molecule has 0 spiro atoms. The van der Waals surface area contributed by atoms with Gasteiger partial charge in [0.2, 0.25) is 0 Å². The standard InChI is InChI=1S/C17H35N/c1-4-13-18-17(16(5-2)6-3)14-15-11-9-7-8-10-12-15/h15-18H,4-14H2,1-3H3. The van der Waals surface area contributed by atoms with Crippen LogP contribution in [0.4, 0.5) is 0 Å². The second kappa shape index (κ2) is 9.83. The van der Waals surface area contributed by atoms with Gasteiger partial charge in [-0.2, -0.15) is 0 Å². The molecule has 0 bridgehead atoms. The third kappa shape index (κ3) is 5.73. The topological polar surface area (TPSA) is 12.0 Å². The van der Waals surface area contributed by atoms with Gasteiger partial charge in [0.1, 0.15) is 0 Å².